The quantitative estimate of drug-likeness (QED) is 0.396. The Bertz CT molecular complexity index is 804. The molecule has 5 nitrogen and oxygen atoms in total. The lowest BCUT2D eigenvalue weighted by molar-refractivity contribution is 0.310. The Balaban J connectivity index is 1.40. The second-order valence-electron chi connectivity index (χ2n) is 7.00. The van der Waals surface area contributed by atoms with E-state index in [1.165, 1.54) is 16.7 Å². The first-order valence-corrected chi connectivity index (χ1v) is 10.1. The molecule has 1 unspecified atom stereocenters. The summed E-state index contributed by atoms with van der Waals surface area (Å²) >= 11 is 0. The zero-order chi connectivity index (χ0) is 19.8. The van der Waals surface area contributed by atoms with Gasteiger partial charge in [0.25, 0.3) is 0 Å². The molecule has 1 aliphatic rings. The van der Waals surface area contributed by atoms with Crippen molar-refractivity contribution in [3.05, 3.63) is 59.2 Å². The Hall–Kier alpha value is -2.69. The Morgan fingerprint density at radius 1 is 1.14 bits per heavy atom. The fourth-order valence-electron chi connectivity index (χ4n) is 3.63. The summed E-state index contributed by atoms with van der Waals surface area (Å²) in [6.45, 7) is 4.41. The number of guanidine groups is 1. The van der Waals surface area contributed by atoms with Gasteiger partial charge in [0.1, 0.15) is 0 Å². The summed E-state index contributed by atoms with van der Waals surface area (Å²) in [5, 5.41) is 6.87. The predicted octanol–water partition coefficient (Wildman–Crippen LogP) is 3.53. The van der Waals surface area contributed by atoms with Gasteiger partial charge in [-0.05, 0) is 55.0 Å². The van der Waals surface area contributed by atoms with E-state index < -0.39 is 0 Å². The number of aliphatic imine (C=N–C) groups is 1. The van der Waals surface area contributed by atoms with Crippen LogP contribution in [0.25, 0.3) is 0 Å². The molecule has 2 aromatic carbocycles. The third kappa shape index (κ3) is 4.97. The van der Waals surface area contributed by atoms with E-state index in [4.69, 9.17) is 9.47 Å². The lowest BCUT2D eigenvalue weighted by Gasteiger charge is -2.30. The minimum atomic E-state index is 0.589. The minimum Gasteiger partial charge on any atom is -0.493 e. The predicted molar refractivity (Wildman–Crippen MR) is 115 cm³/mol. The van der Waals surface area contributed by atoms with Crippen molar-refractivity contribution >= 4 is 5.96 Å². The Morgan fingerprint density at radius 3 is 2.75 bits per heavy atom. The van der Waals surface area contributed by atoms with Gasteiger partial charge in [-0.15, -0.1) is 0 Å². The number of ether oxygens (including phenoxy) is 2. The van der Waals surface area contributed by atoms with Gasteiger partial charge in [0.15, 0.2) is 17.5 Å². The molecule has 28 heavy (non-hydrogen) atoms. The number of hydrogen-bond acceptors (Lipinski definition) is 3. The van der Waals surface area contributed by atoms with E-state index in [9.17, 15) is 0 Å². The molecule has 0 bridgehead atoms. The zero-order valence-corrected chi connectivity index (χ0v) is 17.1. The van der Waals surface area contributed by atoms with E-state index >= 15 is 0 Å². The highest BCUT2D eigenvalue weighted by atomic mass is 16.5. The molecular weight excluding hydrogens is 350 g/mol. The number of fused-ring (bicyclic) bond motifs is 1. The van der Waals surface area contributed by atoms with Gasteiger partial charge in [0, 0.05) is 26.1 Å². The van der Waals surface area contributed by atoms with Crippen molar-refractivity contribution in [2.24, 2.45) is 4.99 Å². The first-order chi connectivity index (χ1) is 13.7. The van der Waals surface area contributed by atoms with Crippen LogP contribution < -0.4 is 20.1 Å². The van der Waals surface area contributed by atoms with Crippen LogP contribution in [0.4, 0.5) is 0 Å². The molecule has 0 fully saturated rings. The molecule has 1 atom stereocenters. The maximum Gasteiger partial charge on any atom is 0.190 e. The molecule has 0 amide bonds. The van der Waals surface area contributed by atoms with Crippen LogP contribution in [0.5, 0.6) is 11.5 Å². The lowest BCUT2D eigenvalue weighted by atomic mass is 9.78. The first kappa shape index (κ1) is 20.1. The van der Waals surface area contributed by atoms with Crippen molar-refractivity contribution in [2.45, 2.75) is 32.1 Å². The molecule has 2 N–H and O–H groups in total. The third-order valence-corrected chi connectivity index (χ3v) is 5.16. The highest BCUT2D eigenvalue weighted by molar-refractivity contribution is 5.79. The van der Waals surface area contributed by atoms with Gasteiger partial charge in [0.05, 0.1) is 13.7 Å². The topological polar surface area (TPSA) is 54.9 Å². The van der Waals surface area contributed by atoms with E-state index in [1.54, 1.807) is 7.11 Å². The molecule has 0 heterocycles. The number of rotatable bonds is 9. The number of aryl methyl sites for hydroxylation is 1. The van der Waals surface area contributed by atoms with Crippen LogP contribution in [0.15, 0.2) is 47.5 Å². The summed E-state index contributed by atoms with van der Waals surface area (Å²) in [7, 11) is 3.49. The van der Waals surface area contributed by atoms with Gasteiger partial charge in [-0.3, -0.25) is 4.99 Å². The number of nitrogens with one attached hydrogen (secondary N) is 2. The Morgan fingerprint density at radius 2 is 2.00 bits per heavy atom. The molecule has 0 radical (unpaired) electrons. The molecule has 0 aromatic heterocycles. The van der Waals surface area contributed by atoms with Crippen molar-refractivity contribution in [1.82, 2.24) is 10.6 Å². The smallest absolute Gasteiger partial charge is 0.190 e. The average Bonchev–Trinajstić information content (AvgIpc) is 2.70. The molecule has 0 aliphatic heterocycles. The standard InChI is InChI=1S/C23H31N3O2/c1-4-28-22-14-17(11-12-21(22)27-3)8-7-13-25-23(24-2)26-16-19-15-18-9-5-6-10-20(18)19/h5-6,9-12,14,19H,4,7-8,13,15-16H2,1-3H3,(H2,24,25,26). The lowest BCUT2D eigenvalue weighted by Crippen LogP contribution is -2.41. The first-order valence-electron chi connectivity index (χ1n) is 10.1. The highest BCUT2D eigenvalue weighted by Gasteiger charge is 2.25. The average molecular weight is 382 g/mol. The molecular formula is C23H31N3O2. The van der Waals surface area contributed by atoms with E-state index in [-0.39, 0.29) is 0 Å². The van der Waals surface area contributed by atoms with Gasteiger partial charge in [-0.25, -0.2) is 0 Å². The van der Waals surface area contributed by atoms with E-state index in [2.05, 4.69) is 52.0 Å². The van der Waals surface area contributed by atoms with Crippen molar-refractivity contribution in [3.8, 4) is 11.5 Å². The van der Waals surface area contributed by atoms with E-state index in [0.29, 0.717) is 12.5 Å². The summed E-state index contributed by atoms with van der Waals surface area (Å²) in [5.74, 6) is 3.06. The molecule has 2 aromatic rings. The van der Waals surface area contributed by atoms with Crippen molar-refractivity contribution in [2.75, 3.05) is 33.9 Å². The van der Waals surface area contributed by atoms with Crippen molar-refractivity contribution in [1.29, 1.82) is 0 Å². The molecule has 0 saturated heterocycles. The van der Waals surface area contributed by atoms with Gasteiger partial charge in [-0.2, -0.15) is 0 Å². The molecule has 5 heteroatoms. The molecule has 1 aliphatic carbocycles. The Labute approximate surface area is 168 Å². The largest absolute Gasteiger partial charge is 0.493 e. The fourth-order valence-corrected chi connectivity index (χ4v) is 3.63. The van der Waals surface area contributed by atoms with Crippen LogP contribution in [-0.4, -0.2) is 39.8 Å². The van der Waals surface area contributed by atoms with Crippen LogP contribution >= 0.6 is 0 Å². The number of benzene rings is 2. The van der Waals surface area contributed by atoms with E-state index in [1.807, 2.05) is 20.0 Å². The van der Waals surface area contributed by atoms with Gasteiger partial charge < -0.3 is 20.1 Å². The zero-order valence-electron chi connectivity index (χ0n) is 17.1. The summed E-state index contributed by atoms with van der Waals surface area (Å²) in [4.78, 5) is 4.34. The SMILES string of the molecule is CCOc1cc(CCCNC(=NC)NCC2Cc3ccccc32)ccc1OC. The summed E-state index contributed by atoms with van der Waals surface area (Å²) < 4.78 is 11.0. The molecule has 3 rings (SSSR count). The summed E-state index contributed by atoms with van der Waals surface area (Å²) in [6, 6.07) is 14.8. The molecule has 0 spiro atoms. The van der Waals surface area contributed by atoms with Crippen LogP contribution in [0, 0.1) is 0 Å². The summed E-state index contributed by atoms with van der Waals surface area (Å²) in [5.41, 5.74) is 4.19. The van der Waals surface area contributed by atoms with Crippen LogP contribution in [0.2, 0.25) is 0 Å². The number of nitrogens with zero attached hydrogens (tertiary/aromatic N) is 1. The van der Waals surface area contributed by atoms with Crippen molar-refractivity contribution in [3.63, 3.8) is 0 Å². The normalized spacial score (nSPS) is 15.4. The second-order valence-corrected chi connectivity index (χ2v) is 7.00. The van der Waals surface area contributed by atoms with Gasteiger partial charge in [0.2, 0.25) is 0 Å². The van der Waals surface area contributed by atoms with Gasteiger partial charge in [-0.1, -0.05) is 30.3 Å². The van der Waals surface area contributed by atoms with E-state index in [0.717, 1.165) is 49.8 Å². The van der Waals surface area contributed by atoms with Crippen LogP contribution in [0.3, 0.4) is 0 Å². The van der Waals surface area contributed by atoms with Gasteiger partial charge >= 0.3 is 0 Å². The van der Waals surface area contributed by atoms with Crippen LogP contribution in [0.1, 0.15) is 36.0 Å². The molecule has 150 valence electrons. The monoisotopic (exact) mass is 381 g/mol. The Kier molecular flexibility index (Phi) is 7.18. The molecule has 0 saturated carbocycles. The highest BCUT2D eigenvalue weighted by Crippen LogP contribution is 2.34. The second kappa shape index (κ2) is 10.0. The maximum absolute atomic E-state index is 5.66. The minimum absolute atomic E-state index is 0.589. The van der Waals surface area contributed by atoms with Crippen molar-refractivity contribution < 1.29 is 9.47 Å². The maximum atomic E-state index is 5.66. The summed E-state index contributed by atoms with van der Waals surface area (Å²) in [6.07, 6.45) is 3.15. The number of methoxy groups -OCH3 is 1. The third-order valence-electron chi connectivity index (χ3n) is 5.16. The van der Waals surface area contributed by atoms with Crippen LogP contribution in [-0.2, 0) is 12.8 Å². The number of hydrogen-bond donors (Lipinski definition) is 2. The fraction of sp³-hybridized carbons (Fsp3) is 0.435.